The van der Waals surface area contributed by atoms with Crippen molar-refractivity contribution in [3.63, 3.8) is 0 Å². The maximum absolute atomic E-state index is 13.0. The van der Waals surface area contributed by atoms with Crippen LogP contribution in [0, 0.1) is 5.92 Å². The molecule has 35 heavy (non-hydrogen) atoms. The zero-order chi connectivity index (χ0) is 27.1. The Bertz CT molecular complexity index is 775. The van der Waals surface area contributed by atoms with Crippen molar-refractivity contribution in [3.8, 4) is 0 Å². The van der Waals surface area contributed by atoms with E-state index >= 15 is 0 Å². The van der Waals surface area contributed by atoms with Crippen LogP contribution in [0.4, 0.5) is 0 Å². The van der Waals surface area contributed by atoms with Gasteiger partial charge in [0.05, 0.1) is 6.04 Å². The van der Waals surface area contributed by atoms with Gasteiger partial charge in [0.15, 0.2) is 5.96 Å². The summed E-state index contributed by atoms with van der Waals surface area (Å²) in [6, 6.07) is -4.57. The molecule has 0 bridgehead atoms. The number of nitrogens with one attached hydrogen (secondary N) is 3. The monoisotopic (exact) mass is 518 g/mol. The number of hydrogen-bond acceptors (Lipinski definition) is 8. The smallest absolute Gasteiger partial charge is 0.327 e. The van der Waals surface area contributed by atoms with Crippen LogP contribution in [0.25, 0.3) is 0 Å². The summed E-state index contributed by atoms with van der Waals surface area (Å²) in [6.45, 7) is 3.92. The lowest BCUT2D eigenvalue weighted by Crippen LogP contribution is -2.57. The zero-order valence-corrected chi connectivity index (χ0v) is 20.9. The second-order valence-electron chi connectivity index (χ2n) is 8.39. The van der Waals surface area contributed by atoms with Crippen LogP contribution >= 0.6 is 12.6 Å². The van der Waals surface area contributed by atoms with Gasteiger partial charge in [-0.3, -0.25) is 24.2 Å². The van der Waals surface area contributed by atoms with Crippen molar-refractivity contribution in [1.82, 2.24) is 16.0 Å². The second kappa shape index (κ2) is 16.5. The van der Waals surface area contributed by atoms with E-state index in [1.807, 2.05) is 13.8 Å². The van der Waals surface area contributed by atoms with E-state index in [1.165, 1.54) is 0 Å². The van der Waals surface area contributed by atoms with Crippen LogP contribution in [0.2, 0.25) is 0 Å². The Morgan fingerprint density at radius 1 is 0.886 bits per heavy atom. The number of hydrogen-bond donors (Lipinski definition) is 9. The number of aliphatic carboxylic acids is 1. The van der Waals surface area contributed by atoms with E-state index in [9.17, 15) is 29.1 Å². The van der Waals surface area contributed by atoms with Gasteiger partial charge in [-0.2, -0.15) is 12.6 Å². The van der Waals surface area contributed by atoms with Gasteiger partial charge in [-0.15, -0.1) is 0 Å². The molecule has 0 saturated heterocycles. The van der Waals surface area contributed by atoms with E-state index in [-0.39, 0.29) is 49.9 Å². The quantitative estimate of drug-likeness (QED) is 0.0414. The maximum atomic E-state index is 13.0. The van der Waals surface area contributed by atoms with Gasteiger partial charge < -0.3 is 44.0 Å². The fourth-order valence-electron chi connectivity index (χ4n) is 2.95. The summed E-state index contributed by atoms with van der Waals surface area (Å²) in [5, 5.41) is 16.5. The first kappa shape index (κ1) is 31.9. The van der Waals surface area contributed by atoms with Crippen molar-refractivity contribution in [2.24, 2.45) is 33.8 Å². The number of carbonyl (C=O) groups excluding carboxylic acids is 4. The first-order chi connectivity index (χ1) is 16.3. The van der Waals surface area contributed by atoms with Crippen LogP contribution in [-0.2, 0) is 24.0 Å². The molecule has 0 fully saturated rings. The van der Waals surface area contributed by atoms with Crippen molar-refractivity contribution >= 4 is 48.2 Å². The second-order valence-corrected chi connectivity index (χ2v) is 8.76. The molecule has 0 saturated carbocycles. The van der Waals surface area contributed by atoms with Gasteiger partial charge in [-0.1, -0.05) is 13.8 Å². The summed E-state index contributed by atoms with van der Waals surface area (Å²) in [4.78, 5) is 64.5. The molecule has 0 aromatic rings. The molecule has 0 aromatic heterocycles. The molecular formula is C20H38N8O6S. The average molecular weight is 519 g/mol. The molecule has 0 aliphatic carbocycles. The number of carbonyl (C=O) groups is 5. The van der Waals surface area contributed by atoms with Crippen molar-refractivity contribution < 1.29 is 29.1 Å². The van der Waals surface area contributed by atoms with Crippen LogP contribution < -0.4 is 38.9 Å². The molecular weight excluding hydrogens is 480 g/mol. The number of thiol groups is 1. The van der Waals surface area contributed by atoms with E-state index in [0.29, 0.717) is 6.42 Å². The lowest BCUT2D eigenvalue weighted by atomic mass is 10.0. The molecule has 12 N–H and O–H groups in total. The standard InChI is InChI=1S/C20H38N8O6S/c1-10(2)8-11(21)16(30)26-13(5-6-15(22)29)18(32)27-12(4-3-7-25-20(23)24)17(31)28-14(9-35)19(33)34/h10-14,35H,3-9,21H2,1-2H3,(H2,22,29)(H,26,30)(H,27,32)(H,28,31)(H,33,34)(H4,23,24,25). The minimum atomic E-state index is -1.30. The van der Waals surface area contributed by atoms with E-state index < -0.39 is 53.8 Å². The van der Waals surface area contributed by atoms with Crippen molar-refractivity contribution in [1.29, 1.82) is 0 Å². The summed E-state index contributed by atoms with van der Waals surface area (Å²) in [5.74, 6) is -4.34. The number of nitrogens with two attached hydrogens (primary N) is 4. The third-order valence-corrected chi connectivity index (χ3v) is 5.12. The molecule has 0 aliphatic heterocycles. The van der Waals surface area contributed by atoms with Gasteiger partial charge >= 0.3 is 5.97 Å². The number of nitrogens with zero attached hydrogens (tertiary/aromatic N) is 1. The number of amides is 4. The Kier molecular flexibility index (Phi) is 15.1. The first-order valence-electron chi connectivity index (χ1n) is 11.1. The molecule has 0 aliphatic rings. The fraction of sp³-hybridized carbons (Fsp3) is 0.700. The van der Waals surface area contributed by atoms with Gasteiger partial charge in [0, 0.05) is 18.7 Å². The fourth-order valence-corrected chi connectivity index (χ4v) is 3.20. The Morgan fingerprint density at radius 2 is 1.40 bits per heavy atom. The minimum Gasteiger partial charge on any atom is -0.480 e. The molecule has 15 heteroatoms. The normalized spacial score (nSPS) is 14.2. The highest BCUT2D eigenvalue weighted by atomic mass is 32.1. The third kappa shape index (κ3) is 14.0. The predicted octanol–water partition coefficient (Wildman–Crippen LogP) is -2.85. The minimum absolute atomic E-state index is 0.0522. The highest BCUT2D eigenvalue weighted by molar-refractivity contribution is 7.80. The molecule has 4 atom stereocenters. The lowest BCUT2D eigenvalue weighted by Gasteiger charge is -2.25. The Morgan fingerprint density at radius 3 is 1.86 bits per heavy atom. The third-order valence-electron chi connectivity index (χ3n) is 4.75. The van der Waals surface area contributed by atoms with Crippen LogP contribution in [0.5, 0.6) is 0 Å². The van der Waals surface area contributed by atoms with Gasteiger partial charge in [0.25, 0.3) is 0 Å². The zero-order valence-electron chi connectivity index (χ0n) is 20.0. The Labute approximate surface area is 209 Å². The number of primary amides is 1. The lowest BCUT2D eigenvalue weighted by molar-refractivity contribution is -0.141. The van der Waals surface area contributed by atoms with E-state index in [1.54, 1.807) is 0 Å². The molecule has 0 aromatic carbocycles. The van der Waals surface area contributed by atoms with Gasteiger partial charge in [-0.25, -0.2) is 4.79 Å². The van der Waals surface area contributed by atoms with E-state index in [2.05, 4.69) is 33.6 Å². The van der Waals surface area contributed by atoms with Crippen LogP contribution in [0.3, 0.4) is 0 Å². The topological polar surface area (TPSA) is 258 Å². The predicted molar refractivity (Wildman–Crippen MR) is 133 cm³/mol. The van der Waals surface area contributed by atoms with Gasteiger partial charge in [-0.05, 0) is 31.6 Å². The Hall–Kier alpha value is -3.07. The molecule has 4 unspecified atom stereocenters. The molecule has 4 amide bonds. The van der Waals surface area contributed by atoms with Crippen molar-refractivity contribution in [2.45, 2.75) is 70.1 Å². The number of carboxylic acids is 1. The van der Waals surface area contributed by atoms with Crippen LogP contribution in [-0.4, -0.2) is 77.1 Å². The number of carboxylic acid groups (broad SMARTS) is 1. The summed E-state index contributed by atoms with van der Waals surface area (Å²) in [7, 11) is 0. The van der Waals surface area contributed by atoms with Gasteiger partial charge in [0.2, 0.25) is 23.6 Å². The van der Waals surface area contributed by atoms with E-state index in [4.69, 9.17) is 22.9 Å². The highest BCUT2D eigenvalue weighted by Crippen LogP contribution is 2.07. The van der Waals surface area contributed by atoms with Gasteiger partial charge in [0.1, 0.15) is 18.1 Å². The summed E-state index contributed by atoms with van der Waals surface area (Å²) in [5.41, 5.74) is 21.6. The molecule has 200 valence electrons. The van der Waals surface area contributed by atoms with Crippen LogP contribution in [0.1, 0.15) is 46.0 Å². The molecule has 0 rings (SSSR count). The molecule has 0 radical (unpaired) electrons. The molecule has 0 heterocycles. The SMILES string of the molecule is CC(C)CC(N)C(=O)NC(CCC(N)=O)C(=O)NC(CCCN=C(N)N)C(=O)NC(CS)C(=O)O. The average Bonchev–Trinajstić information content (AvgIpc) is 2.75. The highest BCUT2D eigenvalue weighted by Gasteiger charge is 2.30. The van der Waals surface area contributed by atoms with Crippen LogP contribution in [0.15, 0.2) is 4.99 Å². The summed E-state index contributed by atoms with van der Waals surface area (Å²) < 4.78 is 0. The largest absolute Gasteiger partial charge is 0.480 e. The molecule has 14 nitrogen and oxygen atoms in total. The first-order valence-corrected chi connectivity index (χ1v) is 11.8. The van der Waals surface area contributed by atoms with Crippen molar-refractivity contribution in [3.05, 3.63) is 0 Å². The van der Waals surface area contributed by atoms with E-state index in [0.717, 1.165) is 0 Å². The summed E-state index contributed by atoms with van der Waals surface area (Å²) in [6.07, 6.45) is 0.354. The van der Waals surface area contributed by atoms with Crippen molar-refractivity contribution in [2.75, 3.05) is 12.3 Å². The molecule has 0 spiro atoms. The number of rotatable bonds is 17. The Balaban J connectivity index is 5.58. The maximum Gasteiger partial charge on any atom is 0.327 e. The number of aliphatic imine (C=N–C) groups is 1. The summed E-state index contributed by atoms with van der Waals surface area (Å²) >= 11 is 3.90. The number of guanidine groups is 1.